The van der Waals surface area contributed by atoms with Crippen molar-refractivity contribution in [3.8, 4) is 0 Å². The van der Waals surface area contributed by atoms with Crippen molar-refractivity contribution in [2.45, 2.75) is 46.2 Å². The van der Waals surface area contributed by atoms with E-state index in [0.717, 1.165) is 29.7 Å². The zero-order valence-corrected chi connectivity index (χ0v) is 19.9. The van der Waals surface area contributed by atoms with Crippen molar-refractivity contribution in [1.29, 1.82) is 0 Å². The first-order chi connectivity index (χ1) is 15.7. The fourth-order valence-electron chi connectivity index (χ4n) is 3.84. The summed E-state index contributed by atoms with van der Waals surface area (Å²) in [5.41, 5.74) is 3.39. The Morgan fingerprint density at radius 3 is 2.52 bits per heavy atom. The van der Waals surface area contributed by atoms with Gasteiger partial charge < -0.3 is 20.4 Å². The number of carbonyl (C=O) groups excluding carboxylic acids is 3. The van der Waals surface area contributed by atoms with Gasteiger partial charge in [0, 0.05) is 44.0 Å². The second-order valence-electron chi connectivity index (χ2n) is 9.01. The third-order valence-corrected chi connectivity index (χ3v) is 6.11. The third kappa shape index (κ3) is 6.57. The van der Waals surface area contributed by atoms with Crippen molar-refractivity contribution in [2.75, 3.05) is 25.5 Å². The molecule has 1 saturated heterocycles. The molecule has 1 atom stereocenters. The highest BCUT2D eigenvalue weighted by molar-refractivity contribution is 5.94. The number of carbonyl (C=O) groups is 3. The lowest BCUT2D eigenvalue weighted by Crippen LogP contribution is -2.46. The van der Waals surface area contributed by atoms with E-state index in [9.17, 15) is 14.4 Å². The number of hydrogen-bond acceptors (Lipinski definition) is 3. The minimum Gasteiger partial charge on any atom is -0.352 e. The normalized spacial score (nSPS) is 15.8. The summed E-state index contributed by atoms with van der Waals surface area (Å²) in [6.45, 7) is 7.35. The molecule has 4 amide bonds. The molecule has 0 saturated carbocycles. The Hall–Kier alpha value is -3.35. The van der Waals surface area contributed by atoms with Crippen LogP contribution < -0.4 is 10.6 Å². The molecule has 0 aliphatic carbocycles. The van der Waals surface area contributed by atoms with Crippen LogP contribution in [0.25, 0.3) is 0 Å². The highest BCUT2D eigenvalue weighted by Gasteiger charge is 2.28. The van der Waals surface area contributed by atoms with Gasteiger partial charge in [0.15, 0.2) is 0 Å². The number of hydrogen-bond donors (Lipinski definition) is 2. The van der Waals surface area contributed by atoms with E-state index in [2.05, 4.69) is 10.6 Å². The van der Waals surface area contributed by atoms with Crippen LogP contribution in [0.3, 0.4) is 0 Å². The summed E-state index contributed by atoms with van der Waals surface area (Å²) >= 11 is 0. The zero-order valence-electron chi connectivity index (χ0n) is 19.9. The van der Waals surface area contributed by atoms with Crippen LogP contribution in [0.1, 0.15) is 48.2 Å². The van der Waals surface area contributed by atoms with E-state index in [4.69, 9.17) is 0 Å². The number of amides is 4. The summed E-state index contributed by atoms with van der Waals surface area (Å²) in [6.07, 6.45) is 1.55. The molecule has 176 valence electrons. The number of nitrogens with zero attached hydrogens (tertiary/aromatic N) is 2. The molecule has 2 N–H and O–H groups in total. The van der Waals surface area contributed by atoms with E-state index in [1.165, 1.54) is 0 Å². The fourth-order valence-corrected chi connectivity index (χ4v) is 3.84. The lowest BCUT2D eigenvalue weighted by Gasteiger charge is -2.32. The first-order valence-electron chi connectivity index (χ1n) is 11.5. The molecule has 7 nitrogen and oxygen atoms in total. The first-order valence-corrected chi connectivity index (χ1v) is 11.5. The van der Waals surface area contributed by atoms with Gasteiger partial charge in [-0.1, -0.05) is 24.3 Å². The third-order valence-electron chi connectivity index (χ3n) is 6.11. The van der Waals surface area contributed by atoms with Crippen molar-refractivity contribution in [3.05, 3.63) is 65.2 Å². The molecule has 0 spiro atoms. The monoisotopic (exact) mass is 450 g/mol. The summed E-state index contributed by atoms with van der Waals surface area (Å²) in [5, 5.41) is 5.91. The quantitative estimate of drug-likeness (QED) is 0.697. The number of nitrogens with one attached hydrogen (secondary N) is 2. The number of aryl methyl sites for hydroxylation is 1. The van der Waals surface area contributed by atoms with Crippen molar-refractivity contribution in [1.82, 2.24) is 15.1 Å². The molecule has 33 heavy (non-hydrogen) atoms. The number of piperidine rings is 1. The standard InChI is InChI=1S/C26H34N4O3/c1-18(2)29(4)25(32)21-12-10-20(11-13-21)16-27-24(31)22-8-6-14-30(17-22)26(33)28-23-9-5-7-19(3)15-23/h5,7,9-13,15,18,22H,6,8,14,16-17H2,1-4H3,(H,27,31)(H,28,33). The van der Waals surface area contributed by atoms with Crippen molar-refractivity contribution >= 4 is 23.5 Å². The Morgan fingerprint density at radius 2 is 1.85 bits per heavy atom. The largest absolute Gasteiger partial charge is 0.352 e. The Labute approximate surface area is 196 Å². The first kappa shape index (κ1) is 24.3. The van der Waals surface area contributed by atoms with Gasteiger partial charge in [-0.15, -0.1) is 0 Å². The second-order valence-corrected chi connectivity index (χ2v) is 9.01. The molecule has 2 aromatic rings. The molecule has 1 unspecified atom stereocenters. The van der Waals surface area contributed by atoms with Crippen LogP contribution in [0.2, 0.25) is 0 Å². The van der Waals surface area contributed by atoms with Crippen molar-refractivity contribution < 1.29 is 14.4 Å². The van der Waals surface area contributed by atoms with Crippen LogP contribution in [-0.4, -0.2) is 53.8 Å². The number of urea groups is 1. The van der Waals surface area contributed by atoms with Gasteiger partial charge in [-0.2, -0.15) is 0 Å². The average Bonchev–Trinajstić information content (AvgIpc) is 2.82. The Bertz CT molecular complexity index is 987. The molecule has 1 aliphatic heterocycles. The van der Waals surface area contributed by atoms with E-state index in [1.54, 1.807) is 29.0 Å². The highest BCUT2D eigenvalue weighted by atomic mass is 16.2. The summed E-state index contributed by atoms with van der Waals surface area (Å²) in [4.78, 5) is 41.2. The van der Waals surface area contributed by atoms with Gasteiger partial charge >= 0.3 is 6.03 Å². The van der Waals surface area contributed by atoms with Gasteiger partial charge in [0.25, 0.3) is 5.91 Å². The lowest BCUT2D eigenvalue weighted by atomic mass is 9.97. The van der Waals surface area contributed by atoms with Gasteiger partial charge in [-0.25, -0.2) is 4.79 Å². The summed E-state index contributed by atoms with van der Waals surface area (Å²) < 4.78 is 0. The van der Waals surface area contributed by atoms with Crippen LogP contribution in [0, 0.1) is 12.8 Å². The average molecular weight is 451 g/mol. The van der Waals surface area contributed by atoms with Gasteiger partial charge in [0.1, 0.15) is 0 Å². The van der Waals surface area contributed by atoms with Gasteiger partial charge in [-0.3, -0.25) is 9.59 Å². The van der Waals surface area contributed by atoms with Crippen LogP contribution in [-0.2, 0) is 11.3 Å². The van der Waals surface area contributed by atoms with Crippen molar-refractivity contribution in [2.24, 2.45) is 5.92 Å². The Balaban J connectivity index is 1.51. The molecule has 1 fully saturated rings. The van der Waals surface area contributed by atoms with E-state index >= 15 is 0 Å². The Kier molecular flexibility index (Phi) is 8.09. The minimum absolute atomic E-state index is 0.0215. The number of rotatable bonds is 6. The summed E-state index contributed by atoms with van der Waals surface area (Å²) in [7, 11) is 1.79. The molecule has 0 bridgehead atoms. The van der Waals surface area contributed by atoms with Crippen LogP contribution in [0.4, 0.5) is 10.5 Å². The molecule has 1 aliphatic rings. The number of anilines is 1. The predicted octanol–water partition coefficient (Wildman–Crippen LogP) is 4.04. The molecule has 0 radical (unpaired) electrons. The molecular weight excluding hydrogens is 416 g/mol. The molecule has 2 aromatic carbocycles. The summed E-state index contributed by atoms with van der Waals surface area (Å²) in [6, 6.07) is 14.9. The van der Waals surface area contributed by atoms with Crippen molar-refractivity contribution in [3.63, 3.8) is 0 Å². The smallest absolute Gasteiger partial charge is 0.321 e. The fraction of sp³-hybridized carbons (Fsp3) is 0.423. The maximum absolute atomic E-state index is 12.8. The SMILES string of the molecule is Cc1cccc(NC(=O)N2CCCC(C(=O)NCc3ccc(C(=O)N(C)C(C)C)cc3)C2)c1. The molecular formula is C26H34N4O3. The molecule has 1 heterocycles. The maximum atomic E-state index is 12.8. The van der Waals surface area contributed by atoms with E-state index < -0.39 is 0 Å². The van der Waals surface area contributed by atoms with E-state index in [1.807, 2.05) is 57.2 Å². The van der Waals surface area contributed by atoms with Crippen LogP contribution >= 0.6 is 0 Å². The zero-order chi connectivity index (χ0) is 24.0. The second kappa shape index (κ2) is 11.0. The Morgan fingerprint density at radius 1 is 1.12 bits per heavy atom. The predicted molar refractivity (Wildman–Crippen MR) is 130 cm³/mol. The van der Waals surface area contributed by atoms with Crippen LogP contribution in [0.15, 0.2) is 48.5 Å². The number of benzene rings is 2. The maximum Gasteiger partial charge on any atom is 0.321 e. The number of likely N-dealkylation sites (tertiary alicyclic amines) is 1. The molecule has 0 aromatic heterocycles. The molecule has 7 heteroatoms. The summed E-state index contributed by atoms with van der Waals surface area (Å²) in [5.74, 6) is -0.308. The van der Waals surface area contributed by atoms with Gasteiger partial charge in [0.2, 0.25) is 5.91 Å². The minimum atomic E-state index is -0.234. The van der Waals surface area contributed by atoms with Crippen LogP contribution in [0.5, 0.6) is 0 Å². The van der Waals surface area contributed by atoms with E-state index in [0.29, 0.717) is 25.2 Å². The lowest BCUT2D eigenvalue weighted by molar-refractivity contribution is -0.126. The van der Waals surface area contributed by atoms with E-state index in [-0.39, 0.29) is 29.8 Å². The van der Waals surface area contributed by atoms with Gasteiger partial charge in [-0.05, 0) is 69.0 Å². The highest BCUT2D eigenvalue weighted by Crippen LogP contribution is 2.19. The topological polar surface area (TPSA) is 81.8 Å². The molecule has 3 rings (SSSR count). The van der Waals surface area contributed by atoms with Gasteiger partial charge in [0.05, 0.1) is 5.92 Å².